The number of benzene rings is 3. The van der Waals surface area contributed by atoms with Crippen LogP contribution in [0.4, 0.5) is 5.69 Å². The molecule has 1 aromatic heterocycles. The fraction of sp³-hybridized carbons (Fsp3) is 0.207. The van der Waals surface area contributed by atoms with Gasteiger partial charge in [-0.05, 0) is 61.4 Å². The van der Waals surface area contributed by atoms with Crippen molar-refractivity contribution in [3.05, 3.63) is 90.5 Å². The Hall–Kier alpha value is -4.19. The number of ether oxygens (including phenoxy) is 1. The van der Waals surface area contributed by atoms with Crippen LogP contribution < -0.4 is 10.1 Å². The Morgan fingerprint density at radius 2 is 1.60 bits per heavy atom. The molecule has 2 heterocycles. The van der Waals surface area contributed by atoms with E-state index in [1.165, 1.54) is 0 Å². The quantitative estimate of drug-likeness (QED) is 0.428. The molecular weight excluding hydrogens is 438 g/mol. The topological polar surface area (TPSA) is 71.5 Å². The van der Waals surface area contributed by atoms with Crippen molar-refractivity contribution >= 4 is 28.4 Å². The molecule has 1 aliphatic heterocycles. The molecule has 6 heteroatoms. The summed E-state index contributed by atoms with van der Waals surface area (Å²) in [6, 6.07) is 26.7. The fourth-order valence-electron chi connectivity index (χ4n) is 4.54. The number of fused-ring (bicyclic) bond motifs is 1. The highest BCUT2D eigenvalue weighted by Gasteiger charge is 2.29. The van der Waals surface area contributed by atoms with Gasteiger partial charge in [0.05, 0.1) is 23.9 Å². The molecule has 176 valence electrons. The molecule has 1 fully saturated rings. The summed E-state index contributed by atoms with van der Waals surface area (Å²) in [4.78, 5) is 33.0. The number of amides is 2. The third-order valence-corrected chi connectivity index (χ3v) is 6.53. The van der Waals surface area contributed by atoms with Crippen LogP contribution in [-0.4, -0.2) is 41.9 Å². The van der Waals surface area contributed by atoms with E-state index in [1.807, 2.05) is 89.8 Å². The number of nitrogens with one attached hydrogen (secondary N) is 1. The van der Waals surface area contributed by atoms with Crippen molar-refractivity contribution in [3.8, 4) is 17.0 Å². The molecule has 0 atom stereocenters. The zero-order valence-corrected chi connectivity index (χ0v) is 19.6. The number of pyridine rings is 1. The minimum Gasteiger partial charge on any atom is -0.497 e. The first-order chi connectivity index (χ1) is 17.1. The van der Waals surface area contributed by atoms with Crippen molar-refractivity contribution in [3.63, 3.8) is 0 Å². The van der Waals surface area contributed by atoms with Crippen LogP contribution in [0.15, 0.2) is 84.9 Å². The van der Waals surface area contributed by atoms with Gasteiger partial charge in [0.25, 0.3) is 5.91 Å². The van der Waals surface area contributed by atoms with E-state index in [4.69, 9.17) is 9.72 Å². The molecule has 0 bridgehead atoms. The average molecular weight is 466 g/mol. The minimum atomic E-state index is -0.108. The zero-order chi connectivity index (χ0) is 24.2. The Kier molecular flexibility index (Phi) is 6.44. The van der Waals surface area contributed by atoms with Crippen molar-refractivity contribution < 1.29 is 14.3 Å². The van der Waals surface area contributed by atoms with E-state index in [-0.39, 0.29) is 17.7 Å². The van der Waals surface area contributed by atoms with Crippen LogP contribution in [0.2, 0.25) is 0 Å². The van der Waals surface area contributed by atoms with Crippen molar-refractivity contribution in [2.75, 3.05) is 25.5 Å². The number of nitrogens with zero attached hydrogens (tertiary/aromatic N) is 2. The van der Waals surface area contributed by atoms with E-state index in [9.17, 15) is 9.59 Å². The summed E-state index contributed by atoms with van der Waals surface area (Å²) in [6.07, 6.45) is 1.28. The summed E-state index contributed by atoms with van der Waals surface area (Å²) in [5.74, 6) is 0.646. The highest BCUT2D eigenvalue weighted by molar-refractivity contribution is 6.07. The maximum atomic E-state index is 13.6. The maximum Gasteiger partial charge on any atom is 0.254 e. The Morgan fingerprint density at radius 3 is 2.31 bits per heavy atom. The van der Waals surface area contributed by atoms with Gasteiger partial charge in [0, 0.05) is 35.6 Å². The number of likely N-dealkylation sites (tertiary alicyclic amines) is 1. The molecule has 3 aromatic carbocycles. The number of anilines is 1. The Bertz CT molecular complexity index is 1340. The largest absolute Gasteiger partial charge is 0.497 e. The molecule has 2 amide bonds. The highest BCUT2D eigenvalue weighted by Crippen LogP contribution is 2.28. The average Bonchev–Trinajstić information content (AvgIpc) is 2.92. The van der Waals surface area contributed by atoms with Crippen molar-refractivity contribution in [1.82, 2.24) is 9.88 Å². The molecule has 1 aliphatic rings. The summed E-state index contributed by atoms with van der Waals surface area (Å²) >= 11 is 0. The third-order valence-electron chi connectivity index (χ3n) is 6.53. The Morgan fingerprint density at radius 1 is 0.914 bits per heavy atom. The molecule has 0 unspecified atom stereocenters. The number of hydrogen-bond acceptors (Lipinski definition) is 4. The van der Waals surface area contributed by atoms with E-state index in [0.29, 0.717) is 31.5 Å². The summed E-state index contributed by atoms with van der Waals surface area (Å²) in [5, 5.41) is 3.82. The van der Waals surface area contributed by atoms with Gasteiger partial charge in [0.15, 0.2) is 0 Å². The van der Waals surface area contributed by atoms with Gasteiger partial charge >= 0.3 is 0 Å². The number of hydrogen-bond donors (Lipinski definition) is 1. The van der Waals surface area contributed by atoms with E-state index >= 15 is 0 Å². The van der Waals surface area contributed by atoms with Crippen molar-refractivity contribution in [1.29, 1.82) is 0 Å². The molecule has 0 saturated carbocycles. The number of aromatic nitrogens is 1. The third kappa shape index (κ3) is 4.87. The number of carbonyl (C=O) groups is 2. The van der Waals surface area contributed by atoms with Crippen LogP contribution in [0.25, 0.3) is 22.2 Å². The first-order valence-corrected chi connectivity index (χ1v) is 11.8. The number of piperidine rings is 1. The van der Waals surface area contributed by atoms with Gasteiger partial charge in [-0.1, -0.05) is 36.4 Å². The maximum absolute atomic E-state index is 13.6. The number of para-hydroxylation sites is 2. The van der Waals surface area contributed by atoms with Crippen LogP contribution in [0.1, 0.15) is 23.2 Å². The summed E-state index contributed by atoms with van der Waals surface area (Å²) in [7, 11) is 1.63. The molecule has 0 spiro atoms. The molecule has 1 N–H and O–H groups in total. The molecule has 0 radical (unpaired) electrons. The predicted molar refractivity (Wildman–Crippen MR) is 137 cm³/mol. The van der Waals surface area contributed by atoms with Gasteiger partial charge in [-0.2, -0.15) is 0 Å². The van der Waals surface area contributed by atoms with Crippen LogP contribution in [0.5, 0.6) is 5.75 Å². The van der Waals surface area contributed by atoms with Crippen LogP contribution in [0, 0.1) is 5.92 Å². The molecule has 4 aromatic rings. The van der Waals surface area contributed by atoms with Gasteiger partial charge < -0.3 is 15.0 Å². The first-order valence-electron chi connectivity index (χ1n) is 11.8. The second-order valence-electron chi connectivity index (χ2n) is 8.72. The monoisotopic (exact) mass is 465 g/mol. The fourth-order valence-corrected chi connectivity index (χ4v) is 4.54. The molecular formula is C29H27N3O3. The van der Waals surface area contributed by atoms with Crippen molar-refractivity contribution in [2.45, 2.75) is 12.8 Å². The molecule has 6 nitrogen and oxygen atoms in total. The first kappa shape index (κ1) is 22.6. The summed E-state index contributed by atoms with van der Waals surface area (Å²) in [6.45, 7) is 1.08. The highest BCUT2D eigenvalue weighted by atomic mass is 16.5. The molecule has 1 saturated heterocycles. The van der Waals surface area contributed by atoms with Crippen LogP contribution >= 0.6 is 0 Å². The minimum absolute atomic E-state index is 0.0134. The van der Waals surface area contributed by atoms with Crippen molar-refractivity contribution in [2.24, 2.45) is 5.92 Å². The van der Waals surface area contributed by atoms with Gasteiger partial charge in [-0.3, -0.25) is 9.59 Å². The lowest BCUT2D eigenvalue weighted by molar-refractivity contribution is -0.121. The lowest BCUT2D eigenvalue weighted by Gasteiger charge is -2.31. The SMILES string of the molecule is COc1ccc(-c2cc(C(=O)N3CCC(C(=O)Nc4ccccc4)CC3)c3ccccc3n2)cc1. The number of rotatable bonds is 5. The standard InChI is InChI=1S/C29H27N3O3/c1-35-23-13-11-20(12-14-23)27-19-25(24-9-5-6-10-26(24)31-27)29(34)32-17-15-21(16-18-32)28(33)30-22-7-3-2-4-8-22/h2-14,19,21H,15-18H2,1H3,(H,30,33). The predicted octanol–water partition coefficient (Wildman–Crippen LogP) is 5.40. The Labute approximate surface area is 204 Å². The summed E-state index contributed by atoms with van der Waals surface area (Å²) in [5.41, 5.74) is 3.87. The Balaban J connectivity index is 1.35. The van der Waals surface area contributed by atoms with Gasteiger partial charge in [-0.15, -0.1) is 0 Å². The zero-order valence-electron chi connectivity index (χ0n) is 19.6. The molecule has 0 aliphatic carbocycles. The normalized spacial score (nSPS) is 14.0. The van der Waals surface area contributed by atoms with E-state index in [0.717, 1.165) is 33.6 Å². The van der Waals surface area contributed by atoms with Crippen LogP contribution in [-0.2, 0) is 4.79 Å². The number of methoxy groups -OCH3 is 1. The lowest BCUT2D eigenvalue weighted by atomic mass is 9.94. The second-order valence-corrected chi connectivity index (χ2v) is 8.72. The van der Waals surface area contributed by atoms with E-state index < -0.39 is 0 Å². The van der Waals surface area contributed by atoms with Gasteiger partial charge in [0.2, 0.25) is 5.91 Å². The summed E-state index contributed by atoms with van der Waals surface area (Å²) < 4.78 is 5.27. The van der Waals surface area contributed by atoms with Gasteiger partial charge in [0.1, 0.15) is 5.75 Å². The van der Waals surface area contributed by atoms with Gasteiger partial charge in [-0.25, -0.2) is 4.98 Å². The lowest BCUT2D eigenvalue weighted by Crippen LogP contribution is -2.41. The van der Waals surface area contributed by atoms with E-state index in [1.54, 1.807) is 7.11 Å². The van der Waals surface area contributed by atoms with E-state index in [2.05, 4.69) is 5.32 Å². The van der Waals surface area contributed by atoms with Crippen LogP contribution in [0.3, 0.4) is 0 Å². The smallest absolute Gasteiger partial charge is 0.254 e. The molecule has 5 rings (SSSR count). The second kappa shape index (κ2) is 9.97. The number of carbonyl (C=O) groups excluding carboxylic acids is 2. The molecule has 35 heavy (non-hydrogen) atoms.